The van der Waals surface area contributed by atoms with E-state index < -0.39 is 0 Å². The topological polar surface area (TPSA) is 73.4 Å². The predicted molar refractivity (Wildman–Crippen MR) is 64.7 cm³/mol. The second kappa shape index (κ2) is 3.80. The molecule has 2 heterocycles. The molecule has 0 N–H and O–H groups in total. The van der Waals surface area contributed by atoms with Gasteiger partial charge in [-0.1, -0.05) is 0 Å². The lowest BCUT2D eigenvalue weighted by Crippen LogP contribution is -1.86. The molecule has 1 aliphatic carbocycles. The third kappa shape index (κ3) is 1.45. The molecule has 4 heteroatoms. The molecule has 0 saturated heterocycles. The fraction of sp³-hybridized carbons (Fsp3) is 0. The summed E-state index contributed by atoms with van der Waals surface area (Å²) >= 11 is 0. The van der Waals surface area contributed by atoms with E-state index in [2.05, 4.69) is 22.1 Å². The Morgan fingerprint density at radius 2 is 1.78 bits per heavy atom. The van der Waals surface area contributed by atoms with Crippen LogP contribution in [-0.4, -0.2) is 9.97 Å². The fourth-order valence-corrected chi connectivity index (χ4v) is 1.93. The molecule has 0 aromatic heterocycles. The van der Waals surface area contributed by atoms with Crippen molar-refractivity contribution in [2.24, 2.45) is 0 Å². The third-order valence-corrected chi connectivity index (χ3v) is 2.78. The van der Waals surface area contributed by atoms with Crippen molar-refractivity contribution < 1.29 is 0 Å². The van der Waals surface area contributed by atoms with E-state index >= 15 is 0 Å². The average molecular weight is 230 g/mol. The summed E-state index contributed by atoms with van der Waals surface area (Å²) in [5.41, 5.74) is 3.94. The molecular formula is C14H6N4. The first kappa shape index (κ1) is 10.2. The highest BCUT2D eigenvalue weighted by molar-refractivity contribution is 5.74. The molecule has 0 radical (unpaired) electrons. The van der Waals surface area contributed by atoms with E-state index in [1.165, 1.54) is 0 Å². The summed E-state index contributed by atoms with van der Waals surface area (Å²) in [6.07, 6.45) is 3.32. The van der Waals surface area contributed by atoms with Crippen molar-refractivity contribution >= 4 is 0 Å². The molecule has 3 aliphatic rings. The molecule has 2 aliphatic heterocycles. The van der Waals surface area contributed by atoms with Gasteiger partial charge in [0.1, 0.15) is 11.8 Å². The summed E-state index contributed by atoms with van der Waals surface area (Å²) in [6.45, 7) is 0. The Morgan fingerprint density at radius 1 is 0.944 bits per heavy atom. The second-order valence-electron chi connectivity index (χ2n) is 3.87. The van der Waals surface area contributed by atoms with Gasteiger partial charge in [-0.3, -0.25) is 9.97 Å². The van der Waals surface area contributed by atoms with E-state index in [1.54, 1.807) is 36.7 Å². The first-order chi connectivity index (χ1) is 8.81. The van der Waals surface area contributed by atoms with E-state index in [0.29, 0.717) is 22.5 Å². The van der Waals surface area contributed by atoms with Crippen molar-refractivity contribution in [2.45, 2.75) is 0 Å². The van der Waals surface area contributed by atoms with Gasteiger partial charge in [0.05, 0.1) is 22.9 Å². The van der Waals surface area contributed by atoms with Crippen LogP contribution in [0, 0.1) is 22.7 Å². The van der Waals surface area contributed by atoms with Crippen LogP contribution in [0.15, 0.2) is 36.7 Å². The van der Waals surface area contributed by atoms with Crippen molar-refractivity contribution in [1.82, 2.24) is 9.97 Å². The highest BCUT2D eigenvalue weighted by Gasteiger charge is 2.12. The Morgan fingerprint density at radius 3 is 2.56 bits per heavy atom. The van der Waals surface area contributed by atoms with Crippen molar-refractivity contribution in [1.29, 1.82) is 10.5 Å². The number of hydrogen-bond donors (Lipinski definition) is 0. The summed E-state index contributed by atoms with van der Waals surface area (Å²) in [6, 6.07) is 11.2. The number of nitriles is 2. The van der Waals surface area contributed by atoms with Gasteiger partial charge in [-0.15, -0.1) is 0 Å². The van der Waals surface area contributed by atoms with E-state index in [0.717, 1.165) is 11.1 Å². The smallest absolute Gasteiger partial charge is 0.106 e. The lowest BCUT2D eigenvalue weighted by molar-refractivity contribution is 1.30. The standard InChI is InChI=1S/C14H6N4/c15-6-9-3-10-5-11(7-16)14-13(1-2-17-14)18-8-12(10)4-9/h1-5,8H. The molecule has 0 amide bonds. The van der Waals surface area contributed by atoms with Crippen molar-refractivity contribution in [2.75, 3.05) is 0 Å². The predicted octanol–water partition coefficient (Wildman–Crippen LogP) is 2.43. The lowest BCUT2D eigenvalue weighted by Gasteiger charge is -1.99. The SMILES string of the molecule is N#Cc1cc2cnc3ccnc-3c(C#N)cc-2c1. The lowest BCUT2D eigenvalue weighted by atomic mass is 10.1. The van der Waals surface area contributed by atoms with Crippen molar-refractivity contribution in [3.63, 3.8) is 0 Å². The number of aromatic nitrogens is 2. The van der Waals surface area contributed by atoms with Crippen molar-refractivity contribution in [3.8, 4) is 34.7 Å². The second-order valence-corrected chi connectivity index (χ2v) is 3.87. The van der Waals surface area contributed by atoms with Crippen LogP contribution in [0.25, 0.3) is 22.5 Å². The number of nitrogens with zero attached hydrogens (tertiary/aromatic N) is 4. The van der Waals surface area contributed by atoms with Gasteiger partial charge < -0.3 is 0 Å². The van der Waals surface area contributed by atoms with Crippen LogP contribution in [0.2, 0.25) is 0 Å². The fourth-order valence-electron chi connectivity index (χ4n) is 1.93. The van der Waals surface area contributed by atoms with Gasteiger partial charge in [0.15, 0.2) is 0 Å². The summed E-state index contributed by atoms with van der Waals surface area (Å²) in [7, 11) is 0. The Balaban J connectivity index is 2.40. The minimum absolute atomic E-state index is 0.461. The summed E-state index contributed by atoms with van der Waals surface area (Å²) in [4.78, 5) is 8.45. The van der Waals surface area contributed by atoms with Crippen molar-refractivity contribution in [3.05, 3.63) is 47.8 Å². The van der Waals surface area contributed by atoms with E-state index in [9.17, 15) is 5.26 Å². The van der Waals surface area contributed by atoms with Gasteiger partial charge in [0.25, 0.3) is 0 Å². The maximum absolute atomic E-state index is 9.19. The van der Waals surface area contributed by atoms with Crippen LogP contribution in [0.5, 0.6) is 0 Å². The molecule has 82 valence electrons. The molecule has 0 bridgehead atoms. The third-order valence-electron chi connectivity index (χ3n) is 2.78. The van der Waals surface area contributed by atoms with Gasteiger partial charge in [-0.05, 0) is 29.8 Å². The number of rotatable bonds is 0. The summed E-state index contributed by atoms with van der Waals surface area (Å²) in [5.74, 6) is 0. The van der Waals surface area contributed by atoms with Crippen LogP contribution in [0.1, 0.15) is 11.1 Å². The zero-order chi connectivity index (χ0) is 12.5. The minimum atomic E-state index is 0.461. The summed E-state index contributed by atoms with van der Waals surface area (Å²) < 4.78 is 0. The summed E-state index contributed by atoms with van der Waals surface area (Å²) in [5, 5.41) is 18.1. The first-order valence-electron chi connectivity index (χ1n) is 5.30. The van der Waals surface area contributed by atoms with Gasteiger partial charge in [-0.25, -0.2) is 0 Å². The molecular weight excluding hydrogens is 224 g/mol. The van der Waals surface area contributed by atoms with E-state index in [4.69, 9.17) is 5.26 Å². The van der Waals surface area contributed by atoms with Crippen LogP contribution < -0.4 is 0 Å². The van der Waals surface area contributed by atoms with Gasteiger partial charge >= 0.3 is 0 Å². The minimum Gasteiger partial charge on any atom is -0.254 e. The average Bonchev–Trinajstić information content (AvgIpc) is 2.97. The Labute approximate surface area is 103 Å². The van der Waals surface area contributed by atoms with Gasteiger partial charge in [0, 0.05) is 18.0 Å². The molecule has 0 aromatic rings. The van der Waals surface area contributed by atoms with E-state index in [-0.39, 0.29) is 0 Å². The zero-order valence-electron chi connectivity index (χ0n) is 9.25. The Kier molecular flexibility index (Phi) is 2.15. The maximum atomic E-state index is 9.19. The largest absolute Gasteiger partial charge is 0.254 e. The number of hydrogen-bond acceptors (Lipinski definition) is 4. The molecule has 3 rings (SSSR count). The molecule has 0 aromatic carbocycles. The number of fused-ring (bicyclic) bond motifs is 2. The molecule has 0 spiro atoms. The highest BCUT2D eigenvalue weighted by Crippen LogP contribution is 2.28. The molecule has 4 nitrogen and oxygen atoms in total. The van der Waals surface area contributed by atoms with Crippen LogP contribution in [0.3, 0.4) is 0 Å². The van der Waals surface area contributed by atoms with E-state index in [1.807, 2.05) is 0 Å². The van der Waals surface area contributed by atoms with Crippen LogP contribution >= 0.6 is 0 Å². The zero-order valence-corrected chi connectivity index (χ0v) is 9.25. The van der Waals surface area contributed by atoms with Crippen LogP contribution in [-0.2, 0) is 0 Å². The molecule has 0 fully saturated rings. The Hall–Kier alpha value is -2.98. The molecule has 0 atom stereocenters. The highest BCUT2D eigenvalue weighted by atomic mass is 14.8. The Bertz CT molecular complexity index is 764. The molecule has 0 unspecified atom stereocenters. The van der Waals surface area contributed by atoms with Gasteiger partial charge in [-0.2, -0.15) is 10.5 Å². The van der Waals surface area contributed by atoms with Gasteiger partial charge in [0.2, 0.25) is 0 Å². The first-order valence-corrected chi connectivity index (χ1v) is 5.30. The molecule has 0 saturated carbocycles. The van der Waals surface area contributed by atoms with Crippen LogP contribution in [0.4, 0.5) is 0 Å². The molecule has 18 heavy (non-hydrogen) atoms. The quantitative estimate of drug-likeness (QED) is 0.594. The maximum Gasteiger partial charge on any atom is 0.106 e. The monoisotopic (exact) mass is 230 g/mol. The normalized spacial score (nSPS) is 10.1.